The molecule has 198 valence electrons. The molecule has 1 aromatic carbocycles. The molecule has 0 bridgehead atoms. The van der Waals surface area contributed by atoms with Crippen molar-refractivity contribution in [3.8, 4) is 0 Å². The highest BCUT2D eigenvalue weighted by atomic mass is 19.1. The number of aromatic nitrogens is 5. The predicted octanol–water partition coefficient (Wildman–Crippen LogP) is 3.14. The van der Waals surface area contributed by atoms with Crippen LogP contribution in [0.4, 0.5) is 19.1 Å². The largest absolute Gasteiger partial charge is 0.395 e. The molecule has 0 saturated carbocycles. The summed E-state index contributed by atoms with van der Waals surface area (Å²) in [7, 11) is 1.52. The molecule has 38 heavy (non-hydrogen) atoms. The van der Waals surface area contributed by atoms with E-state index in [1.54, 1.807) is 4.57 Å². The Morgan fingerprint density at radius 2 is 1.82 bits per heavy atom. The highest BCUT2D eigenvalue weighted by Crippen LogP contribution is 2.31. The summed E-state index contributed by atoms with van der Waals surface area (Å²) in [6.45, 7) is 1.16. The van der Waals surface area contributed by atoms with Gasteiger partial charge in [-0.25, -0.2) is 33.1 Å². The number of nitrogens with zero attached hydrogens (tertiary/aromatic N) is 7. The van der Waals surface area contributed by atoms with Crippen molar-refractivity contribution < 1.29 is 23.1 Å². The Hall–Kier alpha value is -4.06. The van der Waals surface area contributed by atoms with E-state index < -0.39 is 23.4 Å². The van der Waals surface area contributed by atoms with Gasteiger partial charge in [-0.3, -0.25) is 4.79 Å². The summed E-state index contributed by atoms with van der Waals surface area (Å²) >= 11 is 0. The van der Waals surface area contributed by atoms with Crippen LogP contribution in [0.5, 0.6) is 0 Å². The zero-order valence-corrected chi connectivity index (χ0v) is 20.7. The maximum absolute atomic E-state index is 15.2. The Kier molecular flexibility index (Phi) is 7.23. The van der Waals surface area contributed by atoms with Crippen LogP contribution in [0.1, 0.15) is 40.5 Å². The summed E-state index contributed by atoms with van der Waals surface area (Å²) in [5, 5.41) is 9.26. The molecule has 1 N–H and O–H groups in total. The van der Waals surface area contributed by atoms with Gasteiger partial charge in [0.25, 0.3) is 5.91 Å². The SMILES string of the molecule is CN(CCO)C(=O)c1ccc(Cc2ncnc3c2c(F)cn3C2CCN(c3ncc(F)cn3)CC2)c(F)c1. The molecule has 1 aliphatic rings. The number of hydrogen-bond donors (Lipinski definition) is 1. The van der Waals surface area contributed by atoms with Crippen molar-refractivity contribution >= 4 is 22.9 Å². The van der Waals surface area contributed by atoms with Crippen LogP contribution in [-0.2, 0) is 6.42 Å². The van der Waals surface area contributed by atoms with Gasteiger partial charge in [-0.1, -0.05) is 6.07 Å². The Morgan fingerprint density at radius 3 is 2.50 bits per heavy atom. The fraction of sp³-hybridized carbons (Fsp3) is 0.346. The normalized spacial score (nSPS) is 14.3. The molecule has 9 nitrogen and oxygen atoms in total. The zero-order valence-electron chi connectivity index (χ0n) is 20.7. The quantitative estimate of drug-likeness (QED) is 0.396. The fourth-order valence-corrected chi connectivity index (χ4v) is 4.80. The lowest BCUT2D eigenvalue weighted by Crippen LogP contribution is -2.35. The topological polar surface area (TPSA) is 100 Å². The third-order valence-electron chi connectivity index (χ3n) is 6.83. The van der Waals surface area contributed by atoms with Gasteiger partial charge in [-0.15, -0.1) is 0 Å². The number of hydrogen-bond acceptors (Lipinski definition) is 7. The Bertz CT molecular complexity index is 1450. The molecule has 0 atom stereocenters. The number of halogens is 3. The molecule has 4 aromatic rings. The first kappa shape index (κ1) is 25.6. The van der Waals surface area contributed by atoms with Gasteiger partial charge in [0, 0.05) is 50.9 Å². The zero-order chi connectivity index (χ0) is 26.8. The molecule has 1 aliphatic heterocycles. The van der Waals surface area contributed by atoms with Crippen LogP contribution >= 0.6 is 0 Å². The number of fused-ring (bicyclic) bond motifs is 1. The average molecular weight is 526 g/mol. The number of piperidine rings is 1. The maximum atomic E-state index is 15.2. The van der Waals surface area contributed by atoms with E-state index in [0.717, 1.165) is 18.5 Å². The van der Waals surface area contributed by atoms with E-state index >= 15 is 4.39 Å². The molecule has 0 radical (unpaired) electrons. The number of carbonyl (C=O) groups is 1. The summed E-state index contributed by atoms with van der Waals surface area (Å²) in [5.74, 6) is -1.54. The second kappa shape index (κ2) is 10.7. The lowest BCUT2D eigenvalue weighted by molar-refractivity contribution is 0.0766. The van der Waals surface area contributed by atoms with E-state index in [4.69, 9.17) is 5.11 Å². The van der Waals surface area contributed by atoms with E-state index in [9.17, 15) is 13.6 Å². The Labute approximate surface area is 216 Å². The van der Waals surface area contributed by atoms with Crippen molar-refractivity contribution in [1.29, 1.82) is 0 Å². The molecule has 4 heterocycles. The van der Waals surface area contributed by atoms with Gasteiger partial charge in [0.2, 0.25) is 5.95 Å². The molecule has 0 unspecified atom stereocenters. The molecular formula is C26H26F3N7O2. The van der Waals surface area contributed by atoms with E-state index in [1.165, 1.54) is 36.6 Å². The lowest BCUT2D eigenvalue weighted by atomic mass is 10.0. The van der Waals surface area contributed by atoms with Crippen LogP contribution in [0.15, 0.2) is 43.1 Å². The standard InChI is InChI=1S/C26H26F3N7O2/c1-34(8-9-37)25(38)17-3-2-16(20(28)10-17)11-22-23-21(29)14-36(24(23)33-15-32-22)19-4-6-35(7-5-19)26-30-12-18(27)13-31-26/h2-3,10,12-15,19,37H,4-9,11H2,1H3. The number of aliphatic hydroxyl groups excluding tert-OH is 1. The molecule has 0 aliphatic carbocycles. The minimum atomic E-state index is -0.602. The van der Waals surface area contributed by atoms with Gasteiger partial charge >= 0.3 is 0 Å². The second-order valence-corrected chi connectivity index (χ2v) is 9.26. The third kappa shape index (κ3) is 5.03. The van der Waals surface area contributed by atoms with E-state index in [2.05, 4.69) is 19.9 Å². The van der Waals surface area contributed by atoms with E-state index in [0.29, 0.717) is 43.2 Å². The average Bonchev–Trinajstić information content (AvgIpc) is 3.27. The van der Waals surface area contributed by atoms with Gasteiger partial charge < -0.3 is 19.5 Å². The number of aliphatic hydroxyl groups is 1. The Morgan fingerprint density at radius 1 is 1.08 bits per heavy atom. The highest BCUT2D eigenvalue weighted by Gasteiger charge is 2.26. The molecule has 12 heteroatoms. The van der Waals surface area contributed by atoms with Crippen LogP contribution in [0, 0.1) is 17.5 Å². The molecule has 3 aromatic heterocycles. The van der Waals surface area contributed by atoms with Crippen LogP contribution in [-0.4, -0.2) is 73.7 Å². The van der Waals surface area contributed by atoms with Crippen molar-refractivity contribution in [1.82, 2.24) is 29.4 Å². The second-order valence-electron chi connectivity index (χ2n) is 9.26. The summed E-state index contributed by atoms with van der Waals surface area (Å²) in [6, 6.07) is 4.11. The minimum Gasteiger partial charge on any atom is -0.395 e. The first-order valence-electron chi connectivity index (χ1n) is 12.2. The van der Waals surface area contributed by atoms with Gasteiger partial charge in [0.15, 0.2) is 11.6 Å². The molecule has 1 saturated heterocycles. The summed E-state index contributed by atoms with van der Waals surface area (Å²) in [6.07, 6.45) is 6.39. The van der Waals surface area contributed by atoms with Crippen LogP contribution < -0.4 is 4.90 Å². The highest BCUT2D eigenvalue weighted by molar-refractivity contribution is 5.94. The predicted molar refractivity (Wildman–Crippen MR) is 133 cm³/mol. The molecular weight excluding hydrogens is 499 g/mol. The van der Waals surface area contributed by atoms with Gasteiger partial charge in [-0.05, 0) is 30.5 Å². The number of rotatable bonds is 7. The minimum absolute atomic E-state index is 0.0209. The summed E-state index contributed by atoms with van der Waals surface area (Å²) in [5.41, 5.74) is 1.21. The van der Waals surface area contributed by atoms with Gasteiger partial charge in [0.1, 0.15) is 17.8 Å². The molecule has 0 spiro atoms. The number of anilines is 1. The van der Waals surface area contributed by atoms with E-state index in [-0.39, 0.29) is 42.1 Å². The van der Waals surface area contributed by atoms with Crippen LogP contribution in [0.2, 0.25) is 0 Å². The molecule has 1 fully saturated rings. The number of likely N-dealkylation sites (N-methyl/N-ethyl adjacent to an activating group) is 1. The van der Waals surface area contributed by atoms with Crippen molar-refractivity contribution in [3.05, 3.63) is 77.4 Å². The van der Waals surface area contributed by atoms with Crippen molar-refractivity contribution in [2.75, 3.05) is 38.2 Å². The van der Waals surface area contributed by atoms with Crippen molar-refractivity contribution in [2.45, 2.75) is 25.3 Å². The molecule has 5 rings (SSSR count). The Balaban J connectivity index is 1.35. The first-order chi connectivity index (χ1) is 18.4. The van der Waals surface area contributed by atoms with Gasteiger partial charge in [0.05, 0.1) is 30.1 Å². The van der Waals surface area contributed by atoms with Crippen LogP contribution in [0.25, 0.3) is 11.0 Å². The van der Waals surface area contributed by atoms with Crippen LogP contribution in [0.3, 0.4) is 0 Å². The summed E-state index contributed by atoms with van der Waals surface area (Å²) < 4.78 is 45.1. The monoisotopic (exact) mass is 525 g/mol. The first-order valence-corrected chi connectivity index (χ1v) is 12.2. The maximum Gasteiger partial charge on any atom is 0.253 e. The number of carbonyl (C=O) groups excluding carboxylic acids is 1. The fourth-order valence-electron chi connectivity index (χ4n) is 4.80. The summed E-state index contributed by atoms with van der Waals surface area (Å²) in [4.78, 5) is 32.3. The van der Waals surface area contributed by atoms with Gasteiger partial charge in [-0.2, -0.15) is 0 Å². The number of amides is 1. The smallest absolute Gasteiger partial charge is 0.253 e. The lowest BCUT2D eigenvalue weighted by Gasteiger charge is -2.32. The van der Waals surface area contributed by atoms with Crippen molar-refractivity contribution in [2.24, 2.45) is 0 Å². The van der Waals surface area contributed by atoms with E-state index in [1.807, 2.05) is 4.90 Å². The molecule has 1 amide bonds. The van der Waals surface area contributed by atoms with Crippen molar-refractivity contribution in [3.63, 3.8) is 0 Å². The number of benzene rings is 1. The third-order valence-corrected chi connectivity index (χ3v) is 6.83.